The van der Waals surface area contributed by atoms with Crippen molar-refractivity contribution in [1.82, 2.24) is 4.90 Å². The second-order valence-electron chi connectivity index (χ2n) is 2.70. The Balaban J connectivity index is 0.000000217. The average Bonchev–Trinajstić information content (AvgIpc) is 2.08. The van der Waals surface area contributed by atoms with Gasteiger partial charge in [-0.05, 0) is 20.9 Å². The predicted octanol–water partition coefficient (Wildman–Crippen LogP) is 0.991. The molecule has 0 N–H and O–H groups in total. The van der Waals surface area contributed by atoms with E-state index in [4.69, 9.17) is 9.47 Å². The van der Waals surface area contributed by atoms with Gasteiger partial charge in [0.2, 0.25) is 0 Å². The fraction of sp³-hybridized carbons (Fsp3) is 1.00. The van der Waals surface area contributed by atoms with Gasteiger partial charge in [-0.15, -0.1) is 0 Å². The van der Waals surface area contributed by atoms with Gasteiger partial charge >= 0.3 is 0 Å². The molecule has 0 aliphatic carbocycles. The first-order valence-electron chi connectivity index (χ1n) is 4.65. The first-order chi connectivity index (χ1) is 5.81. The number of ether oxygens (including phenoxy) is 2. The second kappa shape index (κ2) is 8.97. The summed E-state index contributed by atoms with van der Waals surface area (Å²) in [5.41, 5.74) is 0. The smallest absolute Gasteiger partial charge is 0.0594 e. The maximum atomic E-state index is 5.10. The van der Waals surface area contributed by atoms with Gasteiger partial charge in [-0.2, -0.15) is 0 Å². The molecule has 0 saturated carbocycles. The van der Waals surface area contributed by atoms with Crippen LogP contribution in [0.4, 0.5) is 0 Å². The highest BCUT2D eigenvalue weighted by Gasteiger charge is 2.02. The Kier molecular flexibility index (Phi) is 8.88. The number of rotatable bonds is 2. The molecule has 0 bridgehead atoms. The molecule has 1 aliphatic heterocycles. The molecule has 3 nitrogen and oxygen atoms in total. The minimum Gasteiger partial charge on any atom is -0.382 e. The summed E-state index contributed by atoms with van der Waals surface area (Å²) < 4.78 is 9.93. The van der Waals surface area contributed by atoms with Gasteiger partial charge in [0, 0.05) is 26.3 Å². The van der Waals surface area contributed by atoms with Crippen molar-refractivity contribution in [2.45, 2.75) is 13.8 Å². The Morgan fingerprint density at radius 3 is 1.83 bits per heavy atom. The zero-order valence-corrected chi connectivity index (χ0v) is 8.51. The van der Waals surface area contributed by atoms with Crippen LogP contribution in [0.5, 0.6) is 0 Å². The fourth-order valence-corrected chi connectivity index (χ4v) is 0.859. The molecule has 1 saturated heterocycles. The van der Waals surface area contributed by atoms with Crippen molar-refractivity contribution in [1.29, 1.82) is 0 Å². The normalized spacial score (nSPS) is 18.2. The van der Waals surface area contributed by atoms with Crippen LogP contribution in [0.2, 0.25) is 0 Å². The van der Waals surface area contributed by atoms with Crippen molar-refractivity contribution in [2.24, 2.45) is 0 Å². The molecule has 0 spiro atoms. The molecule has 0 radical (unpaired) electrons. The van der Waals surface area contributed by atoms with E-state index < -0.39 is 0 Å². The van der Waals surface area contributed by atoms with E-state index in [0.717, 1.165) is 39.5 Å². The van der Waals surface area contributed by atoms with Gasteiger partial charge in [0.1, 0.15) is 0 Å². The van der Waals surface area contributed by atoms with E-state index in [1.165, 1.54) is 0 Å². The van der Waals surface area contributed by atoms with Crippen LogP contribution in [-0.2, 0) is 9.47 Å². The van der Waals surface area contributed by atoms with Crippen molar-refractivity contribution < 1.29 is 9.47 Å². The van der Waals surface area contributed by atoms with Crippen molar-refractivity contribution >= 4 is 0 Å². The molecular weight excluding hydrogens is 154 g/mol. The molecule has 0 aromatic heterocycles. The minimum absolute atomic E-state index is 0.844. The summed E-state index contributed by atoms with van der Waals surface area (Å²) >= 11 is 0. The SMILES string of the molecule is CCOCC.CN1CCOCC1. The standard InChI is InChI=1S/C5H11NO.C4H10O/c1-6-2-4-7-5-3-6;1-3-5-4-2/h2-5H2,1H3;3-4H2,1-2H3. The molecule has 12 heavy (non-hydrogen) atoms. The highest BCUT2D eigenvalue weighted by atomic mass is 16.5. The van der Waals surface area contributed by atoms with E-state index in [1.54, 1.807) is 0 Å². The Bertz CT molecular complexity index is 80.6. The van der Waals surface area contributed by atoms with E-state index in [9.17, 15) is 0 Å². The zero-order valence-electron chi connectivity index (χ0n) is 8.51. The summed E-state index contributed by atoms with van der Waals surface area (Å²) in [6.45, 7) is 9.69. The summed E-state index contributed by atoms with van der Waals surface area (Å²) in [6.07, 6.45) is 0. The second-order valence-corrected chi connectivity index (χ2v) is 2.70. The summed E-state index contributed by atoms with van der Waals surface area (Å²) in [5.74, 6) is 0. The van der Waals surface area contributed by atoms with Crippen molar-refractivity contribution in [3.05, 3.63) is 0 Å². The van der Waals surface area contributed by atoms with Crippen molar-refractivity contribution in [3.8, 4) is 0 Å². The van der Waals surface area contributed by atoms with Crippen LogP contribution in [0.3, 0.4) is 0 Å². The number of nitrogens with zero attached hydrogens (tertiary/aromatic N) is 1. The third kappa shape index (κ3) is 7.98. The largest absolute Gasteiger partial charge is 0.382 e. The number of hydrogen-bond acceptors (Lipinski definition) is 3. The Labute approximate surface area is 75.6 Å². The monoisotopic (exact) mass is 175 g/mol. The third-order valence-corrected chi connectivity index (χ3v) is 1.64. The van der Waals surface area contributed by atoms with Gasteiger partial charge < -0.3 is 14.4 Å². The molecule has 1 fully saturated rings. The molecule has 1 heterocycles. The Morgan fingerprint density at radius 1 is 1.17 bits per heavy atom. The molecule has 1 rings (SSSR count). The summed E-state index contributed by atoms with van der Waals surface area (Å²) in [5, 5.41) is 0. The summed E-state index contributed by atoms with van der Waals surface area (Å²) in [7, 11) is 2.11. The first kappa shape index (κ1) is 11.9. The van der Waals surface area contributed by atoms with Crippen LogP contribution in [0.15, 0.2) is 0 Å². The molecule has 0 atom stereocenters. The van der Waals surface area contributed by atoms with Crippen LogP contribution in [0.1, 0.15) is 13.8 Å². The van der Waals surface area contributed by atoms with Gasteiger partial charge in [0.15, 0.2) is 0 Å². The van der Waals surface area contributed by atoms with E-state index in [1.807, 2.05) is 13.8 Å². The molecule has 0 amide bonds. The van der Waals surface area contributed by atoms with Gasteiger partial charge in [0.05, 0.1) is 13.2 Å². The average molecular weight is 175 g/mol. The Hall–Kier alpha value is -0.120. The summed E-state index contributed by atoms with van der Waals surface area (Å²) in [4.78, 5) is 2.27. The van der Waals surface area contributed by atoms with E-state index in [2.05, 4.69) is 11.9 Å². The van der Waals surface area contributed by atoms with Crippen LogP contribution in [0.25, 0.3) is 0 Å². The molecule has 0 unspecified atom stereocenters. The molecule has 3 heteroatoms. The van der Waals surface area contributed by atoms with E-state index in [-0.39, 0.29) is 0 Å². The van der Waals surface area contributed by atoms with Crippen LogP contribution >= 0.6 is 0 Å². The lowest BCUT2D eigenvalue weighted by atomic mass is 10.5. The van der Waals surface area contributed by atoms with Gasteiger partial charge in [-0.3, -0.25) is 0 Å². The molecular formula is C9H21NO2. The number of hydrogen-bond donors (Lipinski definition) is 0. The van der Waals surface area contributed by atoms with Crippen molar-refractivity contribution in [2.75, 3.05) is 46.6 Å². The van der Waals surface area contributed by atoms with E-state index >= 15 is 0 Å². The highest BCUT2D eigenvalue weighted by Crippen LogP contribution is 1.89. The van der Waals surface area contributed by atoms with Gasteiger partial charge in [-0.25, -0.2) is 0 Å². The highest BCUT2D eigenvalue weighted by molar-refractivity contribution is 4.53. The first-order valence-corrected chi connectivity index (χ1v) is 4.65. The molecule has 74 valence electrons. The van der Waals surface area contributed by atoms with Crippen LogP contribution in [-0.4, -0.2) is 51.5 Å². The molecule has 0 aromatic carbocycles. The van der Waals surface area contributed by atoms with Gasteiger partial charge in [-0.1, -0.05) is 0 Å². The Morgan fingerprint density at radius 2 is 1.67 bits per heavy atom. The summed E-state index contributed by atoms with van der Waals surface area (Å²) in [6, 6.07) is 0. The van der Waals surface area contributed by atoms with Crippen LogP contribution in [0, 0.1) is 0 Å². The maximum absolute atomic E-state index is 5.10. The van der Waals surface area contributed by atoms with Crippen molar-refractivity contribution in [3.63, 3.8) is 0 Å². The zero-order chi connectivity index (χ0) is 9.23. The fourth-order valence-electron chi connectivity index (χ4n) is 0.859. The molecule has 1 aliphatic rings. The van der Waals surface area contributed by atoms with Gasteiger partial charge in [0.25, 0.3) is 0 Å². The lowest BCUT2D eigenvalue weighted by molar-refractivity contribution is 0.0503. The maximum Gasteiger partial charge on any atom is 0.0594 e. The van der Waals surface area contributed by atoms with E-state index in [0.29, 0.717) is 0 Å². The lowest BCUT2D eigenvalue weighted by Crippen LogP contribution is -2.32. The number of morpholine rings is 1. The quantitative estimate of drug-likeness (QED) is 0.625. The molecule has 0 aromatic rings. The third-order valence-electron chi connectivity index (χ3n) is 1.64. The van der Waals surface area contributed by atoms with Crippen LogP contribution < -0.4 is 0 Å². The minimum atomic E-state index is 0.844. The lowest BCUT2D eigenvalue weighted by Gasteiger charge is -2.21. The predicted molar refractivity (Wildman–Crippen MR) is 50.5 cm³/mol. The topological polar surface area (TPSA) is 21.7 Å². The number of likely N-dealkylation sites (N-methyl/N-ethyl adjacent to an activating group) is 1.